The summed E-state index contributed by atoms with van der Waals surface area (Å²) in [5.41, 5.74) is 1.17. The molecule has 2 heterocycles. The van der Waals surface area contributed by atoms with Crippen molar-refractivity contribution in [3.63, 3.8) is 0 Å². The molecule has 1 aromatic heterocycles. The van der Waals surface area contributed by atoms with Gasteiger partial charge in [-0.05, 0) is 29.8 Å². The van der Waals surface area contributed by atoms with Crippen molar-refractivity contribution >= 4 is 28.8 Å². The lowest BCUT2D eigenvalue weighted by molar-refractivity contribution is -0.137. The van der Waals surface area contributed by atoms with Crippen LogP contribution < -0.4 is 14.8 Å². The Kier molecular flexibility index (Phi) is 6.57. The van der Waals surface area contributed by atoms with Gasteiger partial charge in [-0.2, -0.15) is 13.2 Å². The molecule has 2 aromatic carbocycles. The van der Waals surface area contributed by atoms with Crippen LogP contribution in [0.5, 0.6) is 11.5 Å². The van der Waals surface area contributed by atoms with Gasteiger partial charge in [-0.15, -0.1) is 11.3 Å². The molecule has 168 valence electrons. The number of alkyl halides is 3. The molecule has 1 aliphatic heterocycles. The van der Waals surface area contributed by atoms with Crippen LogP contribution >= 0.6 is 22.9 Å². The summed E-state index contributed by atoms with van der Waals surface area (Å²) in [5, 5.41) is 5.51. The van der Waals surface area contributed by atoms with Gasteiger partial charge in [0.1, 0.15) is 5.01 Å². The first-order valence-corrected chi connectivity index (χ1v) is 11.0. The zero-order chi connectivity index (χ0) is 22.7. The highest BCUT2D eigenvalue weighted by atomic mass is 35.5. The lowest BCUT2D eigenvalue weighted by Crippen LogP contribution is -2.24. The fraction of sp³-hybridized carbons (Fsp3) is 0.273. The van der Waals surface area contributed by atoms with Crippen molar-refractivity contribution in [2.45, 2.75) is 25.6 Å². The van der Waals surface area contributed by atoms with Gasteiger partial charge >= 0.3 is 6.18 Å². The van der Waals surface area contributed by atoms with Gasteiger partial charge in [0, 0.05) is 23.9 Å². The fourth-order valence-electron chi connectivity index (χ4n) is 3.14. The van der Waals surface area contributed by atoms with E-state index in [1.807, 2.05) is 0 Å². The molecular weight excluding hydrogens is 465 g/mol. The molecule has 0 spiro atoms. The van der Waals surface area contributed by atoms with E-state index < -0.39 is 11.7 Å². The van der Waals surface area contributed by atoms with Gasteiger partial charge < -0.3 is 14.8 Å². The zero-order valence-corrected chi connectivity index (χ0v) is 18.2. The van der Waals surface area contributed by atoms with Crippen molar-refractivity contribution in [3.05, 3.63) is 63.6 Å². The third-order valence-corrected chi connectivity index (χ3v) is 5.93. The molecule has 5 nitrogen and oxygen atoms in total. The lowest BCUT2D eigenvalue weighted by Gasteiger charge is -2.12. The first kappa shape index (κ1) is 22.4. The Bertz CT molecular complexity index is 1120. The van der Waals surface area contributed by atoms with E-state index in [-0.39, 0.29) is 18.9 Å². The van der Waals surface area contributed by atoms with Gasteiger partial charge in [0.2, 0.25) is 5.91 Å². The van der Waals surface area contributed by atoms with Crippen LogP contribution in [0.25, 0.3) is 10.6 Å². The minimum absolute atomic E-state index is 0.0510. The van der Waals surface area contributed by atoms with Gasteiger partial charge in [-0.1, -0.05) is 23.7 Å². The SMILES string of the molecule is O=C(Cc1csc(-c2ccc(C(F)(F)F)cc2)n1)NCc1cc(Cl)c2c(c1)OCCCO2. The highest BCUT2D eigenvalue weighted by Gasteiger charge is 2.30. The molecule has 4 rings (SSSR count). The van der Waals surface area contributed by atoms with E-state index in [1.165, 1.54) is 23.5 Å². The maximum Gasteiger partial charge on any atom is 0.416 e. The molecule has 0 saturated heterocycles. The van der Waals surface area contributed by atoms with E-state index in [0.717, 1.165) is 24.1 Å². The number of nitrogens with zero attached hydrogens (tertiary/aromatic N) is 1. The second-order valence-corrected chi connectivity index (χ2v) is 8.39. The molecule has 3 aromatic rings. The summed E-state index contributed by atoms with van der Waals surface area (Å²) in [6, 6.07) is 8.30. The van der Waals surface area contributed by atoms with Gasteiger partial charge in [0.25, 0.3) is 0 Å². The summed E-state index contributed by atoms with van der Waals surface area (Å²) < 4.78 is 49.4. The van der Waals surface area contributed by atoms with E-state index in [1.54, 1.807) is 17.5 Å². The van der Waals surface area contributed by atoms with Crippen LogP contribution in [-0.2, 0) is 23.9 Å². The van der Waals surface area contributed by atoms with Crippen LogP contribution in [0.1, 0.15) is 23.2 Å². The van der Waals surface area contributed by atoms with Crippen molar-refractivity contribution in [3.8, 4) is 22.1 Å². The number of rotatable bonds is 5. The van der Waals surface area contributed by atoms with Gasteiger partial charge in [0.05, 0.1) is 35.9 Å². The standard InChI is InChI=1S/C22H18ClF3N2O3S/c23-17-8-13(9-18-20(17)31-7-1-6-30-18)11-27-19(29)10-16-12-32-21(28-16)14-2-4-15(5-3-14)22(24,25)26/h2-5,8-9,12H,1,6-7,10-11H2,(H,27,29). The number of carbonyl (C=O) groups is 1. The number of aromatic nitrogens is 1. The van der Waals surface area contributed by atoms with E-state index in [0.29, 0.717) is 46.0 Å². The highest BCUT2D eigenvalue weighted by Crippen LogP contribution is 2.38. The van der Waals surface area contributed by atoms with Gasteiger partial charge in [-0.25, -0.2) is 4.98 Å². The van der Waals surface area contributed by atoms with Gasteiger partial charge in [0.15, 0.2) is 11.5 Å². The Hall–Kier alpha value is -2.78. The van der Waals surface area contributed by atoms with Crippen LogP contribution in [0.4, 0.5) is 13.2 Å². The van der Waals surface area contributed by atoms with Crippen LogP contribution in [0.3, 0.4) is 0 Å². The Morgan fingerprint density at radius 1 is 1.16 bits per heavy atom. The third kappa shape index (κ3) is 5.34. The second kappa shape index (κ2) is 9.38. The molecule has 0 radical (unpaired) electrons. The smallest absolute Gasteiger partial charge is 0.416 e. The molecule has 1 N–H and O–H groups in total. The maximum absolute atomic E-state index is 12.7. The van der Waals surface area contributed by atoms with Crippen LogP contribution in [-0.4, -0.2) is 24.1 Å². The Morgan fingerprint density at radius 2 is 1.91 bits per heavy atom. The quantitative estimate of drug-likeness (QED) is 0.521. The van der Waals surface area contributed by atoms with E-state index >= 15 is 0 Å². The van der Waals surface area contributed by atoms with Crippen LogP contribution in [0.15, 0.2) is 41.8 Å². The number of benzene rings is 2. The zero-order valence-electron chi connectivity index (χ0n) is 16.7. The monoisotopic (exact) mass is 482 g/mol. The second-order valence-electron chi connectivity index (χ2n) is 7.13. The summed E-state index contributed by atoms with van der Waals surface area (Å²) in [6.07, 6.45) is -3.57. The minimum atomic E-state index is -4.38. The molecule has 10 heteroatoms. The topological polar surface area (TPSA) is 60.5 Å². The number of hydrogen-bond donors (Lipinski definition) is 1. The highest BCUT2D eigenvalue weighted by molar-refractivity contribution is 7.13. The van der Waals surface area contributed by atoms with Crippen LogP contribution in [0, 0.1) is 0 Å². The molecule has 0 unspecified atom stereocenters. The first-order chi connectivity index (χ1) is 15.3. The summed E-state index contributed by atoms with van der Waals surface area (Å²) in [6.45, 7) is 1.32. The molecule has 0 saturated carbocycles. The average Bonchev–Trinajstić information content (AvgIpc) is 3.07. The number of carbonyl (C=O) groups excluding carboxylic acids is 1. The maximum atomic E-state index is 12.7. The van der Waals surface area contributed by atoms with E-state index in [9.17, 15) is 18.0 Å². The third-order valence-electron chi connectivity index (χ3n) is 4.70. The van der Waals surface area contributed by atoms with E-state index in [2.05, 4.69) is 10.3 Å². The average molecular weight is 483 g/mol. The van der Waals surface area contributed by atoms with Crippen molar-refractivity contribution < 1.29 is 27.4 Å². The number of halogens is 4. The molecule has 0 aliphatic carbocycles. The van der Waals surface area contributed by atoms with Crippen molar-refractivity contribution in [2.24, 2.45) is 0 Å². The first-order valence-electron chi connectivity index (χ1n) is 9.76. The summed E-state index contributed by atoms with van der Waals surface area (Å²) >= 11 is 7.54. The number of nitrogens with one attached hydrogen (secondary N) is 1. The predicted octanol–water partition coefficient (Wildman–Crippen LogP) is 5.50. The Labute approximate surface area is 191 Å². The molecule has 0 bridgehead atoms. The number of hydrogen-bond acceptors (Lipinski definition) is 5. The molecule has 32 heavy (non-hydrogen) atoms. The van der Waals surface area contributed by atoms with E-state index in [4.69, 9.17) is 21.1 Å². The van der Waals surface area contributed by atoms with Crippen molar-refractivity contribution in [2.75, 3.05) is 13.2 Å². The Balaban J connectivity index is 1.36. The number of ether oxygens (including phenoxy) is 2. The fourth-order valence-corrected chi connectivity index (χ4v) is 4.25. The van der Waals surface area contributed by atoms with Crippen LogP contribution in [0.2, 0.25) is 5.02 Å². The van der Waals surface area contributed by atoms with Crippen molar-refractivity contribution in [1.82, 2.24) is 10.3 Å². The predicted molar refractivity (Wildman–Crippen MR) is 115 cm³/mol. The molecule has 1 amide bonds. The molecular formula is C22H18ClF3N2O3S. The number of fused-ring (bicyclic) bond motifs is 1. The molecule has 0 fully saturated rings. The number of thiazole rings is 1. The summed E-state index contributed by atoms with van der Waals surface area (Å²) in [7, 11) is 0. The lowest BCUT2D eigenvalue weighted by atomic mass is 10.1. The van der Waals surface area contributed by atoms with Gasteiger partial charge in [-0.3, -0.25) is 4.79 Å². The largest absolute Gasteiger partial charge is 0.489 e. The summed E-state index contributed by atoms with van der Waals surface area (Å²) in [5.74, 6) is 0.829. The Morgan fingerprint density at radius 3 is 2.66 bits per heavy atom. The molecule has 0 atom stereocenters. The minimum Gasteiger partial charge on any atom is -0.489 e. The van der Waals surface area contributed by atoms with Crippen molar-refractivity contribution in [1.29, 1.82) is 0 Å². The molecule has 1 aliphatic rings. The normalized spacial score (nSPS) is 13.5. The number of amides is 1. The summed E-state index contributed by atoms with van der Waals surface area (Å²) in [4.78, 5) is 16.7.